The first-order valence-corrected chi connectivity index (χ1v) is 5.95. The first kappa shape index (κ1) is 10.9. The number of morpholine rings is 1. The van der Waals surface area contributed by atoms with E-state index in [1.54, 1.807) is 0 Å². The van der Waals surface area contributed by atoms with Crippen molar-refractivity contribution in [3.05, 3.63) is 0 Å². The maximum atomic E-state index is 11.7. The number of rotatable bonds is 4. The van der Waals surface area contributed by atoms with Crippen LogP contribution in [0.15, 0.2) is 0 Å². The minimum atomic E-state index is 0.269. The van der Waals surface area contributed by atoms with Crippen molar-refractivity contribution in [2.24, 2.45) is 0 Å². The monoisotopic (exact) mass is 212 g/mol. The summed E-state index contributed by atoms with van der Waals surface area (Å²) in [6.07, 6.45) is 4.54. The summed E-state index contributed by atoms with van der Waals surface area (Å²) in [5, 5.41) is 3.41. The molecule has 0 aromatic heterocycles. The Kier molecular flexibility index (Phi) is 3.97. The van der Waals surface area contributed by atoms with Crippen LogP contribution in [0.2, 0.25) is 0 Å². The van der Waals surface area contributed by atoms with Crippen LogP contribution in [-0.4, -0.2) is 49.7 Å². The normalized spacial score (nSPS) is 22.5. The van der Waals surface area contributed by atoms with Crippen LogP contribution in [0, 0.1) is 0 Å². The van der Waals surface area contributed by atoms with Gasteiger partial charge in [-0.3, -0.25) is 4.79 Å². The van der Waals surface area contributed by atoms with Gasteiger partial charge in [-0.05, 0) is 12.8 Å². The third kappa shape index (κ3) is 3.18. The van der Waals surface area contributed by atoms with Crippen LogP contribution in [0.4, 0.5) is 0 Å². The van der Waals surface area contributed by atoms with Crippen LogP contribution < -0.4 is 5.32 Å². The Bertz CT molecular complexity index is 211. The standard InChI is InChI=1S/C11H20N2O2/c14-11(13-6-8-15-9-7-13)4-5-12-10-2-1-3-10/h10,12H,1-9H2. The zero-order valence-corrected chi connectivity index (χ0v) is 9.21. The summed E-state index contributed by atoms with van der Waals surface area (Å²) in [6.45, 7) is 3.76. The van der Waals surface area contributed by atoms with Crippen molar-refractivity contribution >= 4 is 5.91 Å². The Morgan fingerprint density at radius 1 is 1.33 bits per heavy atom. The molecule has 0 spiro atoms. The minimum Gasteiger partial charge on any atom is -0.378 e. The molecule has 86 valence electrons. The average Bonchev–Trinajstić information content (AvgIpc) is 2.23. The highest BCUT2D eigenvalue weighted by Gasteiger charge is 2.19. The zero-order chi connectivity index (χ0) is 10.5. The number of nitrogens with one attached hydrogen (secondary N) is 1. The van der Waals surface area contributed by atoms with Crippen LogP contribution >= 0.6 is 0 Å². The van der Waals surface area contributed by atoms with E-state index in [1.165, 1.54) is 19.3 Å². The maximum absolute atomic E-state index is 11.7. The molecule has 0 aromatic rings. The molecular formula is C11H20N2O2. The fraction of sp³-hybridized carbons (Fsp3) is 0.909. The zero-order valence-electron chi connectivity index (χ0n) is 9.21. The molecule has 2 rings (SSSR count). The summed E-state index contributed by atoms with van der Waals surface area (Å²) in [6, 6.07) is 0.683. The molecule has 0 radical (unpaired) electrons. The van der Waals surface area contributed by atoms with Crippen molar-refractivity contribution in [3.63, 3.8) is 0 Å². The molecule has 2 fully saturated rings. The lowest BCUT2D eigenvalue weighted by molar-refractivity contribution is -0.135. The Balaban J connectivity index is 1.58. The Morgan fingerprint density at radius 2 is 2.07 bits per heavy atom. The lowest BCUT2D eigenvalue weighted by Crippen LogP contribution is -2.43. The van der Waals surface area contributed by atoms with Gasteiger partial charge >= 0.3 is 0 Å². The molecule has 0 aromatic carbocycles. The lowest BCUT2D eigenvalue weighted by Gasteiger charge is -2.29. The first-order valence-electron chi connectivity index (χ1n) is 5.95. The first-order chi connectivity index (χ1) is 7.36. The van der Waals surface area contributed by atoms with Gasteiger partial charge in [0.15, 0.2) is 0 Å². The molecule has 1 heterocycles. The molecule has 4 nitrogen and oxygen atoms in total. The van der Waals surface area contributed by atoms with Gasteiger partial charge < -0.3 is 15.0 Å². The highest BCUT2D eigenvalue weighted by Crippen LogP contribution is 2.17. The van der Waals surface area contributed by atoms with Crippen molar-refractivity contribution in [1.29, 1.82) is 0 Å². The summed E-state index contributed by atoms with van der Waals surface area (Å²) < 4.78 is 5.21. The molecule has 1 saturated carbocycles. The van der Waals surface area contributed by atoms with E-state index in [1.807, 2.05) is 4.90 Å². The van der Waals surface area contributed by atoms with Crippen LogP contribution in [-0.2, 0) is 9.53 Å². The van der Waals surface area contributed by atoms with Crippen LogP contribution in [0.5, 0.6) is 0 Å². The minimum absolute atomic E-state index is 0.269. The SMILES string of the molecule is O=C(CCNC1CCC1)N1CCOCC1. The summed E-state index contributed by atoms with van der Waals surface area (Å²) >= 11 is 0. The average molecular weight is 212 g/mol. The van der Waals surface area contributed by atoms with Crippen LogP contribution in [0.3, 0.4) is 0 Å². The summed E-state index contributed by atoms with van der Waals surface area (Å²) in [7, 11) is 0. The Labute approximate surface area is 91.0 Å². The summed E-state index contributed by atoms with van der Waals surface area (Å²) in [4.78, 5) is 13.6. The van der Waals surface area contributed by atoms with Crippen molar-refractivity contribution in [2.75, 3.05) is 32.8 Å². The largest absolute Gasteiger partial charge is 0.378 e. The summed E-state index contributed by atoms with van der Waals surface area (Å²) in [5.41, 5.74) is 0. The van der Waals surface area contributed by atoms with E-state index in [0.717, 1.165) is 19.6 Å². The third-order valence-electron chi connectivity index (χ3n) is 3.24. The number of hydrogen-bond donors (Lipinski definition) is 1. The Hall–Kier alpha value is -0.610. The molecule has 1 aliphatic carbocycles. The van der Waals surface area contributed by atoms with Gasteiger partial charge in [0, 0.05) is 32.1 Å². The molecule has 0 unspecified atom stereocenters. The molecular weight excluding hydrogens is 192 g/mol. The van der Waals surface area contributed by atoms with Gasteiger partial charge in [0.1, 0.15) is 0 Å². The third-order valence-corrected chi connectivity index (χ3v) is 3.24. The highest BCUT2D eigenvalue weighted by molar-refractivity contribution is 5.76. The second-order valence-corrected chi connectivity index (χ2v) is 4.33. The smallest absolute Gasteiger partial charge is 0.224 e. The number of carbonyl (C=O) groups is 1. The van der Waals surface area contributed by atoms with E-state index >= 15 is 0 Å². The molecule has 0 atom stereocenters. The van der Waals surface area contributed by atoms with E-state index in [0.29, 0.717) is 25.7 Å². The number of ether oxygens (including phenoxy) is 1. The number of amides is 1. The van der Waals surface area contributed by atoms with Crippen LogP contribution in [0.1, 0.15) is 25.7 Å². The van der Waals surface area contributed by atoms with E-state index < -0.39 is 0 Å². The summed E-state index contributed by atoms with van der Waals surface area (Å²) in [5.74, 6) is 0.269. The maximum Gasteiger partial charge on any atom is 0.224 e. The van der Waals surface area contributed by atoms with Crippen molar-refractivity contribution in [3.8, 4) is 0 Å². The molecule has 1 N–H and O–H groups in total. The predicted molar refractivity (Wildman–Crippen MR) is 57.7 cm³/mol. The van der Waals surface area contributed by atoms with E-state index in [9.17, 15) is 4.79 Å². The van der Waals surface area contributed by atoms with Crippen LogP contribution in [0.25, 0.3) is 0 Å². The van der Waals surface area contributed by atoms with E-state index in [-0.39, 0.29) is 5.91 Å². The van der Waals surface area contributed by atoms with Gasteiger partial charge in [-0.15, -0.1) is 0 Å². The number of hydrogen-bond acceptors (Lipinski definition) is 3. The molecule has 1 amide bonds. The second kappa shape index (κ2) is 5.47. The molecule has 15 heavy (non-hydrogen) atoms. The molecule has 1 saturated heterocycles. The van der Waals surface area contributed by atoms with Crippen molar-refractivity contribution < 1.29 is 9.53 Å². The highest BCUT2D eigenvalue weighted by atomic mass is 16.5. The van der Waals surface area contributed by atoms with Gasteiger partial charge in [0.05, 0.1) is 13.2 Å². The van der Waals surface area contributed by atoms with Gasteiger partial charge in [0.2, 0.25) is 5.91 Å². The Morgan fingerprint density at radius 3 is 2.67 bits per heavy atom. The quantitative estimate of drug-likeness (QED) is 0.732. The van der Waals surface area contributed by atoms with Gasteiger partial charge in [0.25, 0.3) is 0 Å². The number of nitrogens with zero attached hydrogens (tertiary/aromatic N) is 1. The predicted octanol–water partition coefficient (Wildman–Crippen LogP) is 0.377. The van der Waals surface area contributed by atoms with Crippen molar-refractivity contribution in [1.82, 2.24) is 10.2 Å². The molecule has 4 heteroatoms. The molecule has 1 aliphatic heterocycles. The fourth-order valence-corrected chi connectivity index (χ4v) is 1.97. The van der Waals surface area contributed by atoms with Gasteiger partial charge in [-0.2, -0.15) is 0 Å². The van der Waals surface area contributed by atoms with Crippen molar-refractivity contribution in [2.45, 2.75) is 31.7 Å². The van der Waals surface area contributed by atoms with E-state index in [4.69, 9.17) is 4.74 Å². The van der Waals surface area contributed by atoms with Gasteiger partial charge in [-0.1, -0.05) is 6.42 Å². The fourth-order valence-electron chi connectivity index (χ4n) is 1.97. The molecule has 2 aliphatic rings. The number of carbonyl (C=O) groups excluding carboxylic acids is 1. The lowest BCUT2D eigenvalue weighted by atomic mass is 9.93. The molecule has 0 bridgehead atoms. The topological polar surface area (TPSA) is 41.6 Å². The van der Waals surface area contributed by atoms with Gasteiger partial charge in [-0.25, -0.2) is 0 Å². The second-order valence-electron chi connectivity index (χ2n) is 4.33. The van der Waals surface area contributed by atoms with E-state index in [2.05, 4.69) is 5.32 Å².